The van der Waals surface area contributed by atoms with E-state index in [9.17, 15) is 0 Å². The van der Waals surface area contributed by atoms with E-state index >= 15 is 0 Å². The molecule has 3 aliphatic rings. The zero-order valence-electron chi connectivity index (χ0n) is 13.3. The largest absolute Gasteiger partial charge is 0.379 e. The third-order valence-corrected chi connectivity index (χ3v) is 5.45. The van der Waals surface area contributed by atoms with Crippen LogP contribution < -0.4 is 10.6 Å². The maximum Gasteiger partial charge on any atom is 0.0623 e. The van der Waals surface area contributed by atoms with Gasteiger partial charge in [-0.25, -0.2) is 0 Å². The van der Waals surface area contributed by atoms with Crippen LogP contribution in [0.15, 0.2) is 0 Å². The summed E-state index contributed by atoms with van der Waals surface area (Å²) in [6.07, 6.45) is 11.2. The highest BCUT2D eigenvalue weighted by molar-refractivity contribution is 4.91. The van der Waals surface area contributed by atoms with Crippen LogP contribution in [0.2, 0.25) is 0 Å². The standard InChI is InChI=1S/C17H32N2O2/c1-2-5-14(6-3-1)21-12-10-18-16-8-4-7-15(16)17-13-20-11-9-19-17/h14-19H,1-13H2. The van der Waals surface area contributed by atoms with Crippen molar-refractivity contribution in [3.05, 3.63) is 0 Å². The van der Waals surface area contributed by atoms with Crippen LogP contribution >= 0.6 is 0 Å². The van der Waals surface area contributed by atoms with Gasteiger partial charge in [0, 0.05) is 25.2 Å². The molecule has 122 valence electrons. The molecule has 2 saturated carbocycles. The second-order valence-corrected chi connectivity index (χ2v) is 6.92. The number of morpholine rings is 1. The van der Waals surface area contributed by atoms with Crippen LogP contribution in [0.3, 0.4) is 0 Å². The molecule has 4 heteroatoms. The number of ether oxygens (including phenoxy) is 2. The third kappa shape index (κ3) is 4.65. The maximum atomic E-state index is 6.02. The average molecular weight is 296 g/mol. The van der Waals surface area contributed by atoms with Gasteiger partial charge in [-0.15, -0.1) is 0 Å². The minimum Gasteiger partial charge on any atom is -0.379 e. The number of nitrogens with one attached hydrogen (secondary N) is 2. The van der Waals surface area contributed by atoms with Gasteiger partial charge in [-0.05, 0) is 31.6 Å². The van der Waals surface area contributed by atoms with Crippen molar-refractivity contribution < 1.29 is 9.47 Å². The minimum atomic E-state index is 0.535. The summed E-state index contributed by atoms with van der Waals surface area (Å²) in [7, 11) is 0. The number of hydrogen-bond donors (Lipinski definition) is 2. The Morgan fingerprint density at radius 1 is 1.05 bits per heavy atom. The van der Waals surface area contributed by atoms with Gasteiger partial charge in [0.2, 0.25) is 0 Å². The van der Waals surface area contributed by atoms with Gasteiger partial charge in [0.05, 0.1) is 25.9 Å². The van der Waals surface area contributed by atoms with Crippen LogP contribution in [0, 0.1) is 5.92 Å². The van der Waals surface area contributed by atoms with Gasteiger partial charge in [0.15, 0.2) is 0 Å². The van der Waals surface area contributed by atoms with Crippen LogP contribution in [-0.2, 0) is 9.47 Å². The first-order valence-corrected chi connectivity index (χ1v) is 9.09. The summed E-state index contributed by atoms with van der Waals surface area (Å²) in [5.41, 5.74) is 0. The van der Waals surface area contributed by atoms with Gasteiger partial charge in [0.25, 0.3) is 0 Å². The summed E-state index contributed by atoms with van der Waals surface area (Å²) in [4.78, 5) is 0. The fourth-order valence-electron chi connectivity index (χ4n) is 4.29. The number of hydrogen-bond acceptors (Lipinski definition) is 4. The van der Waals surface area contributed by atoms with E-state index in [0.29, 0.717) is 18.2 Å². The monoisotopic (exact) mass is 296 g/mol. The molecule has 0 amide bonds. The summed E-state index contributed by atoms with van der Waals surface area (Å²) in [5.74, 6) is 0.736. The maximum absolute atomic E-state index is 6.02. The van der Waals surface area contributed by atoms with E-state index in [2.05, 4.69) is 10.6 Å². The molecule has 0 radical (unpaired) electrons. The molecule has 3 fully saturated rings. The lowest BCUT2D eigenvalue weighted by molar-refractivity contribution is 0.0266. The van der Waals surface area contributed by atoms with E-state index in [1.807, 2.05) is 0 Å². The molecule has 1 saturated heterocycles. The Hall–Kier alpha value is -0.160. The zero-order chi connectivity index (χ0) is 14.3. The van der Waals surface area contributed by atoms with Gasteiger partial charge in [-0.2, -0.15) is 0 Å². The van der Waals surface area contributed by atoms with Gasteiger partial charge in [-0.3, -0.25) is 0 Å². The smallest absolute Gasteiger partial charge is 0.0623 e. The fourth-order valence-corrected chi connectivity index (χ4v) is 4.29. The van der Waals surface area contributed by atoms with Crippen LogP contribution in [0.5, 0.6) is 0 Å². The topological polar surface area (TPSA) is 42.5 Å². The Morgan fingerprint density at radius 3 is 2.76 bits per heavy atom. The summed E-state index contributed by atoms with van der Waals surface area (Å²) < 4.78 is 11.7. The third-order valence-electron chi connectivity index (χ3n) is 5.45. The highest BCUT2D eigenvalue weighted by atomic mass is 16.5. The van der Waals surface area contributed by atoms with E-state index in [-0.39, 0.29) is 0 Å². The second-order valence-electron chi connectivity index (χ2n) is 6.92. The van der Waals surface area contributed by atoms with Crippen LogP contribution in [0.4, 0.5) is 0 Å². The molecule has 0 bridgehead atoms. The van der Waals surface area contributed by atoms with Crippen molar-refractivity contribution >= 4 is 0 Å². The predicted molar refractivity (Wildman–Crippen MR) is 84.6 cm³/mol. The van der Waals surface area contributed by atoms with Crippen molar-refractivity contribution in [1.82, 2.24) is 10.6 Å². The minimum absolute atomic E-state index is 0.535. The first-order chi connectivity index (χ1) is 10.4. The zero-order valence-corrected chi connectivity index (χ0v) is 13.3. The summed E-state index contributed by atoms with van der Waals surface area (Å²) >= 11 is 0. The highest BCUT2D eigenvalue weighted by Gasteiger charge is 2.34. The van der Waals surface area contributed by atoms with Crippen molar-refractivity contribution in [3.63, 3.8) is 0 Å². The molecule has 0 spiro atoms. The van der Waals surface area contributed by atoms with Gasteiger partial charge in [0.1, 0.15) is 0 Å². The molecule has 0 aromatic rings. The van der Waals surface area contributed by atoms with Crippen molar-refractivity contribution in [2.75, 3.05) is 32.9 Å². The Balaban J connectivity index is 1.33. The van der Waals surface area contributed by atoms with E-state index < -0.39 is 0 Å². The van der Waals surface area contributed by atoms with E-state index in [4.69, 9.17) is 9.47 Å². The normalized spacial score (nSPS) is 35.1. The molecule has 2 N–H and O–H groups in total. The lowest BCUT2D eigenvalue weighted by Crippen LogP contribution is -2.51. The highest BCUT2D eigenvalue weighted by Crippen LogP contribution is 2.29. The first kappa shape index (κ1) is 15.7. The molecule has 3 unspecified atom stereocenters. The molecule has 0 aromatic heterocycles. The Labute approximate surface area is 129 Å². The van der Waals surface area contributed by atoms with Crippen LogP contribution in [0.25, 0.3) is 0 Å². The van der Waals surface area contributed by atoms with E-state index in [1.54, 1.807) is 0 Å². The second kappa shape index (κ2) is 8.47. The molecule has 3 rings (SSSR count). The summed E-state index contributed by atoms with van der Waals surface area (Å²) in [6, 6.07) is 1.21. The van der Waals surface area contributed by atoms with Crippen molar-refractivity contribution in [1.29, 1.82) is 0 Å². The average Bonchev–Trinajstić information content (AvgIpc) is 3.02. The molecule has 21 heavy (non-hydrogen) atoms. The van der Waals surface area contributed by atoms with Crippen LogP contribution in [0.1, 0.15) is 51.4 Å². The van der Waals surface area contributed by atoms with Crippen molar-refractivity contribution in [2.45, 2.75) is 69.6 Å². The van der Waals surface area contributed by atoms with Crippen molar-refractivity contribution in [3.8, 4) is 0 Å². The molecule has 1 aliphatic heterocycles. The molecule has 0 aromatic carbocycles. The van der Waals surface area contributed by atoms with Gasteiger partial charge >= 0.3 is 0 Å². The molecular weight excluding hydrogens is 264 g/mol. The molecule has 2 aliphatic carbocycles. The first-order valence-electron chi connectivity index (χ1n) is 9.09. The molecule has 3 atom stereocenters. The molecular formula is C17H32N2O2. The lowest BCUT2D eigenvalue weighted by atomic mass is 9.94. The Bertz CT molecular complexity index is 289. The molecule has 4 nitrogen and oxygen atoms in total. The molecule has 1 heterocycles. The number of rotatable bonds is 6. The summed E-state index contributed by atoms with van der Waals surface area (Å²) in [5, 5.41) is 7.38. The fraction of sp³-hybridized carbons (Fsp3) is 1.00. The Morgan fingerprint density at radius 2 is 1.95 bits per heavy atom. The predicted octanol–water partition coefficient (Wildman–Crippen LogP) is 2.08. The van der Waals surface area contributed by atoms with Gasteiger partial charge in [-0.1, -0.05) is 25.7 Å². The summed E-state index contributed by atoms with van der Waals surface area (Å²) in [6.45, 7) is 4.66. The van der Waals surface area contributed by atoms with E-state index in [0.717, 1.165) is 38.8 Å². The van der Waals surface area contributed by atoms with Gasteiger partial charge < -0.3 is 20.1 Å². The lowest BCUT2D eigenvalue weighted by Gasteiger charge is -2.33. The SMILES string of the molecule is C1CCC(OCCNC2CCCC2C2COCCN2)CC1. The van der Waals surface area contributed by atoms with E-state index in [1.165, 1.54) is 51.4 Å². The van der Waals surface area contributed by atoms with Crippen LogP contribution in [-0.4, -0.2) is 51.1 Å². The quantitative estimate of drug-likeness (QED) is 0.737. The van der Waals surface area contributed by atoms with Crippen molar-refractivity contribution in [2.24, 2.45) is 5.92 Å². The Kier molecular flexibility index (Phi) is 6.34.